The lowest BCUT2D eigenvalue weighted by atomic mass is 10.2. The van der Waals surface area contributed by atoms with Crippen molar-refractivity contribution in [2.75, 3.05) is 31.5 Å². The van der Waals surface area contributed by atoms with Crippen LogP contribution in [0.3, 0.4) is 0 Å². The van der Waals surface area contributed by atoms with Crippen molar-refractivity contribution in [1.82, 2.24) is 10.2 Å². The fourth-order valence-electron chi connectivity index (χ4n) is 2.15. The molecule has 1 aromatic rings. The quantitative estimate of drug-likeness (QED) is 0.713. The maximum Gasteiger partial charge on any atom is 0.416 e. The number of hydrogen-bond donors (Lipinski definition) is 2. The van der Waals surface area contributed by atoms with E-state index in [0.29, 0.717) is 19.5 Å². The summed E-state index contributed by atoms with van der Waals surface area (Å²) < 4.78 is 38.1. The number of alkyl halides is 3. The molecule has 0 spiro atoms. The topological polar surface area (TPSA) is 61.4 Å². The van der Waals surface area contributed by atoms with Crippen LogP contribution in [0.25, 0.3) is 0 Å². The summed E-state index contributed by atoms with van der Waals surface area (Å²) in [5.41, 5.74) is -0.579. The Morgan fingerprint density at radius 3 is 2.48 bits per heavy atom. The molecular weight excluding hydrogens is 335 g/mol. The van der Waals surface area contributed by atoms with E-state index >= 15 is 0 Å². The van der Waals surface area contributed by atoms with Gasteiger partial charge in [0.2, 0.25) is 11.8 Å². The molecule has 0 bridgehead atoms. The molecular formula is C17H24F3N3O2. The van der Waals surface area contributed by atoms with Gasteiger partial charge < -0.3 is 15.5 Å². The van der Waals surface area contributed by atoms with Crippen LogP contribution in [0.1, 0.15) is 32.3 Å². The highest BCUT2D eigenvalue weighted by Gasteiger charge is 2.30. The minimum Gasteiger partial charge on any atom is -0.376 e. The molecule has 2 N–H and O–H groups in total. The molecule has 5 nitrogen and oxygen atoms in total. The first-order valence-corrected chi connectivity index (χ1v) is 8.23. The zero-order chi connectivity index (χ0) is 18.9. The number of carbonyl (C=O) groups is 2. The predicted molar refractivity (Wildman–Crippen MR) is 90.1 cm³/mol. The van der Waals surface area contributed by atoms with Crippen molar-refractivity contribution < 1.29 is 22.8 Å². The molecule has 1 rings (SSSR count). The molecule has 0 unspecified atom stereocenters. The summed E-state index contributed by atoms with van der Waals surface area (Å²) in [4.78, 5) is 25.4. The summed E-state index contributed by atoms with van der Waals surface area (Å²) in [6, 6.07) is 4.65. The second-order valence-corrected chi connectivity index (χ2v) is 5.60. The van der Waals surface area contributed by atoms with Gasteiger partial charge in [0.05, 0.1) is 18.7 Å². The van der Waals surface area contributed by atoms with Gasteiger partial charge in [-0.2, -0.15) is 13.2 Å². The second kappa shape index (κ2) is 9.90. The Morgan fingerprint density at radius 2 is 1.88 bits per heavy atom. The predicted octanol–water partition coefficient (Wildman–Crippen LogP) is 2.88. The summed E-state index contributed by atoms with van der Waals surface area (Å²) in [5, 5.41) is 5.39. The first-order chi connectivity index (χ1) is 11.8. The molecule has 2 amide bonds. The van der Waals surface area contributed by atoms with E-state index in [4.69, 9.17) is 0 Å². The Hall–Kier alpha value is -2.25. The van der Waals surface area contributed by atoms with Gasteiger partial charge >= 0.3 is 6.18 Å². The first-order valence-electron chi connectivity index (χ1n) is 8.23. The monoisotopic (exact) mass is 359 g/mol. The summed E-state index contributed by atoms with van der Waals surface area (Å²) in [6.45, 7) is 4.51. The van der Waals surface area contributed by atoms with E-state index < -0.39 is 11.7 Å². The van der Waals surface area contributed by atoms with E-state index in [1.54, 1.807) is 0 Å². The highest BCUT2D eigenvalue weighted by molar-refractivity contribution is 5.86. The van der Waals surface area contributed by atoms with E-state index in [1.165, 1.54) is 17.0 Å². The van der Waals surface area contributed by atoms with E-state index in [2.05, 4.69) is 10.6 Å². The van der Waals surface area contributed by atoms with Crippen LogP contribution in [-0.4, -0.2) is 42.9 Å². The molecule has 0 aliphatic carbocycles. The van der Waals surface area contributed by atoms with Crippen molar-refractivity contribution in [3.05, 3.63) is 29.8 Å². The molecule has 0 saturated heterocycles. The maximum atomic E-state index is 12.7. The molecule has 0 fully saturated rings. The fourth-order valence-corrected chi connectivity index (χ4v) is 2.15. The van der Waals surface area contributed by atoms with Crippen molar-refractivity contribution in [2.45, 2.75) is 32.9 Å². The van der Waals surface area contributed by atoms with Crippen LogP contribution in [0.15, 0.2) is 24.3 Å². The molecule has 25 heavy (non-hydrogen) atoms. The Kier molecular flexibility index (Phi) is 8.24. The van der Waals surface area contributed by atoms with Gasteiger partial charge in [-0.3, -0.25) is 9.59 Å². The zero-order valence-corrected chi connectivity index (χ0v) is 14.4. The Balaban J connectivity index is 2.64. The summed E-state index contributed by atoms with van der Waals surface area (Å²) in [6.07, 6.45) is -2.96. The minimum atomic E-state index is -4.44. The molecule has 0 aliphatic rings. The van der Waals surface area contributed by atoms with Gasteiger partial charge in [0, 0.05) is 18.8 Å². The van der Waals surface area contributed by atoms with Gasteiger partial charge in [-0.15, -0.1) is 0 Å². The van der Waals surface area contributed by atoms with Gasteiger partial charge in [0.25, 0.3) is 0 Å². The molecule has 0 aliphatic heterocycles. The first kappa shape index (κ1) is 20.8. The van der Waals surface area contributed by atoms with Crippen LogP contribution in [0.5, 0.6) is 0 Å². The van der Waals surface area contributed by atoms with Crippen molar-refractivity contribution in [1.29, 1.82) is 0 Å². The number of hydrogen-bond acceptors (Lipinski definition) is 3. The van der Waals surface area contributed by atoms with Crippen LogP contribution in [0.2, 0.25) is 0 Å². The van der Waals surface area contributed by atoms with E-state index in [-0.39, 0.29) is 30.6 Å². The average Bonchev–Trinajstić information content (AvgIpc) is 2.57. The molecule has 0 radical (unpaired) electrons. The molecule has 0 aromatic heterocycles. The minimum absolute atomic E-state index is 0.0586. The summed E-state index contributed by atoms with van der Waals surface area (Å²) in [7, 11) is 0. The largest absolute Gasteiger partial charge is 0.416 e. The van der Waals surface area contributed by atoms with Crippen molar-refractivity contribution in [3.8, 4) is 0 Å². The Labute approximate surface area is 145 Å². The number of nitrogens with one attached hydrogen (secondary N) is 2. The van der Waals surface area contributed by atoms with Crippen LogP contribution < -0.4 is 10.6 Å². The van der Waals surface area contributed by atoms with Crippen molar-refractivity contribution in [3.63, 3.8) is 0 Å². The number of nitrogens with zero attached hydrogens (tertiary/aromatic N) is 1. The van der Waals surface area contributed by atoms with Crippen LogP contribution >= 0.6 is 0 Å². The standard InChI is InChI=1S/C17H24F3N3O2/c1-3-8-21-15(24)12-23(9-4-2)16(25)11-22-14-7-5-6-13(10-14)17(18,19)20/h5-7,10,22H,3-4,8-9,11-12H2,1-2H3,(H,21,24). The SMILES string of the molecule is CCCNC(=O)CN(CCC)C(=O)CNc1cccc(C(F)(F)F)c1. The lowest BCUT2D eigenvalue weighted by Gasteiger charge is -2.22. The van der Waals surface area contributed by atoms with Gasteiger partial charge in [0.15, 0.2) is 0 Å². The van der Waals surface area contributed by atoms with E-state index in [0.717, 1.165) is 18.6 Å². The van der Waals surface area contributed by atoms with Gasteiger partial charge in [-0.1, -0.05) is 19.9 Å². The smallest absolute Gasteiger partial charge is 0.376 e. The summed E-state index contributed by atoms with van der Waals surface area (Å²) >= 11 is 0. The number of halogens is 3. The van der Waals surface area contributed by atoms with E-state index in [9.17, 15) is 22.8 Å². The molecule has 1 aromatic carbocycles. The van der Waals surface area contributed by atoms with Gasteiger partial charge in [-0.25, -0.2) is 0 Å². The third-order valence-electron chi connectivity index (χ3n) is 3.39. The molecule has 0 saturated carbocycles. The van der Waals surface area contributed by atoms with Gasteiger partial charge in [0.1, 0.15) is 0 Å². The molecule has 0 atom stereocenters. The number of rotatable bonds is 9. The van der Waals surface area contributed by atoms with E-state index in [1.807, 2.05) is 13.8 Å². The third kappa shape index (κ3) is 7.45. The third-order valence-corrected chi connectivity index (χ3v) is 3.39. The average molecular weight is 359 g/mol. The fraction of sp³-hybridized carbons (Fsp3) is 0.529. The Morgan fingerprint density at radius 1 is 1.16 bits per heavy atom. The Bertz CT molecular complexity index is 577. The van der Waals surface area contributed by atoms with Crippen molar-refractivity contribution in [2.24, 2.45) is 0 Å². The number of amides is 2. The summed E-state index contributed by atoms with van der Waals surface area (Å²) in [5.74, 6) is -0.589. The lowest BCUT2D eigenvalue weighted by molar-refractivity contribution is -0.137. The number of anilines is 1. The molecule has 8 heteroatoms. The maximum absolute atomic E-state index is 12.7. The highest BCUT2D eigenvalue weighted by atomic mass is 19.4. The highest BCUT2D eigenvalue weighted by Crippen LogP contribution is 2.30. The molecule has 140 valence electrons. The normalized spacial score (nSPS) is 11.1. The van der Waals surface area contributed by atoms with Crippen molar-refractivity contribution >= 4 is 17.5 Å². The second-order valence-electron chi connectivity index (χ2n) is 5.60. The van der Waals surface area contributed by atoms with Crippen LogP contribution in [0, 0.1) is 0 Å². The number of benzene rings is 1. The van der Waals surface area contributed by atoms with Gasteiger partial charge in [-0.05, 0) is 31.0 Å². The van der Waals surface area contributed by atoms with Crippen LogP contribution in [-0.2, 0) is 15.8 Å². The lowest BCUT2D eigenvalue weighted by Crippen LogP contribution is -2.43. The van der Waals surface area contributed by atoms with Crippen LogP contribution in [0.4, 0.5) is 18.9 Å². The molecule has 0 heterocycles. The number of carbonyl (C=O) groups excluding carboxylic acids is 2. The zero-order valence-electron chi connectivity index (χ0n) is 14.4.